The molecular weight excluding hydrogens is 348 g/mol. The van der Waals surface area contributed by atoms with Gasteiger partial charge in [-0.15, -0.1) is 0 Å². The first-order valence-electron chi connectivity index (χ1n) is 8.18. The van der Waals surface area contributed by atoms with E-state index in [1.807, 2.05) is 48.0 Å². The summed E-state index contributed by atoms with van der Waals surface area (Å²) < 4.78 is 3.39. The fourth-order valence-corrected chi connectivity index (χ4v) is 3.43. The average molecular weight is 361 g/mol. The van der Waals surface area contributed by atoms with Crippen LogP contribution in [0.2, 0.25) is 5.02 Å². The molecule has 5 aromatic rings. The summed E-state index contributed by atoms with van der Waals surface area (Å²) in [4.78, 5) is 22.5. The highest BCUT2D eigenvalue weighted by Gasteiger charge is 2.17. The summed E-state index contributed by atoms with van der Waals surface area (Å²) in [5.74, 6) is 0. The van der Waals surface area contributed by atoms with E-state index in [1.54, 1.807) is 28.9 Å². The van der Waals surface area contributed by atoms with Crippen molar-refractivity contribution in [1.29, 1.82) is 0 Å². The van der Waals surface area contributed by atoms with Crippen molar-refractivity contribution in [2.45, 2.75) is 6.92 Å². The van der Waals surface area contributed by atoms with E-state index in [9.17, 15) is 4.79 Å². The van der Waals surface area contributed by atoms with Crippen LogP contribution in [-0.4, -0.2) is 19.2 Å². The smallest absolute Gasteiger partial charge is 0.267 e. The molecule has 6 heteroatoms. The van der Waals surface area contributed by atoms with Gasteiger partial charge in [0.1, 0.15) is 0 Å². The number of aromatic nitrogens is 4. The number of benzene rings is 2. The zero-order valence-electron chi connectivity index (χ0n) is 13.8. The van der Waals surface area contributed by atoms with Crippen molar-refractivity contribution in [3.05, 3.63) is 81.7 Å². The third-order valence-corrected chi connectivity index (χ3v) is 4.75. The number of hydrogen-bond acceptors (Lipinski definition) is 3. The lowest BCUT2D eigenvalue weighted by Crippen LogP contribution is -2.21. The molecule has 0 saturated heterocycles. The van der Waals surface area contributed by atoms with Gasteiger partial charge in [-0.2, -0.15) is 4.52 Å². The number of aryl methyl sites for hydroxylation is 1. The number of fused-ring (bicyclic) bond motifs is 4. The average Bonchev–Trinajstić information content (AvgIpc) is 2.97. The topological polar surface area (TPSA) is 52.2 Å². The van der Waals surface area contributed by atoms with E-state index in [-0.39, 0.29) is 5.56 Å². The fraction of sp³-hybridized carbons (Fsp3) is 0.0500. The number of pyridine rings is 1. The normalized spacial score (nSPS) is 11.6. The van der Waals surface area contributed by atoms with Gasteiger partial charge in [0, 0.05) is 11.2 Å². The monoisotopic (exact) mass is 360 g/mol. The van der Waals surface area contributed by atoms with Crippen molar-refractivity contribution in [3.8, 4) is 5.69 Å². The van der Waals surface area contributed by atoms with Crippen molar-refractivity contribution in [3.63, 3.8) is 0 Å². The molecule has 3 aromatic heterocycles. The van der Waals surface area contributed by atoms with E-state index in [1.165, 1.54) is 0 Å². The van der Waals surface area contributed by atoms with Gasteiger partial charge in [-0.1, -0.05) is 29.3 Å². The second kappa shape index (κ2) is 5.41. The van der Waals surface area contributed by atoms with Crippen LogP contribution in [0, 0.1) is 6.92 Å². The lowest BCUT2D eigenvalue weighted by molar-refractivity contribution is 0.786. The SMILES string of the molecule is Cc1ccc(-n2c3ncccc3c3nc4cc(Cl)ccc4c(=O)n32)cc1. The van der Waals surface area contributed by atoms with Gasteiger partial charge in [0.05, 0.1) is 22.0 Å². The molecule has 0 aliphatic heterocycles. The van der Waals surface area contributed by atoms with Crippen LogP contribution in [0.1, 0.15) is 5.56 Å². The Morgan fingerprint density at radius 1 is 0.962 bits per heavy atom. The Morgan fingerprint density at radius 2 is 1.77 bits per heavy atom. The standard InChI is InChI=1S/C20H13ClN4O/c1-12-4-7-14(8-5-12)24-18-16(3-2-10-22-18)19-23-17-11-13(21)6-9-15(17)20(26)25(19)24/h2-11H,1H3. The maximum atomic E-state index is 13.3. The van der Waals surface area contributed by atoms with Crippen molar-refractivity contribution < 1.29 is 0 Å². The molecular formula is C20H13ClN4O. The lowest BCUT2D eigenvalue weighted by Gasteiger charge is -2.08. The highest BCUT2D eigenvalue weighted by Crippen LogP contribution is 2.24. The largest absolute Gasteiger partial charge is 0.281 e. The number of halogens is 1. The van der Waals surface area contributed by atoms with Crippen molar-refractivity contribution in [2.24, 2.45) is 0 Å². The van der Waals surface area contributed by atoms with Crippen LogP contribution in [-0.2, 0) is 0 Å². The lowest BCUT2D eigenvalue weighted by atomic mass is 10.2. The molecule has 0 atom stereocenters. The van der Waals surface area contributed by atoms with Gasteiger partial charge in [0.2, 0.25) is 0 Å². The summed E-state index contributed by atoms with van der Waals surface area (Å²) in [7, 11) is 0. The Labute approximate surface area is 153 Å². The number of rotatable bonds is 1. The van der Waals surface area contributed by atoms with E-state index in [0.29, 0.717) is 27.2 Å². The first-order valence-corrected chi connectivity index (χ1v) is 8.56. The molecule has 0 bridgehead atoms. The molecule has 0 unspecified atom stereocenters. The molecule has 0 N–H and O–H groups in total. The molecule has 0 fully saturated rings. The second-order valence-corrected chi connectivity index (χ2v) is 6.67. The van der Waals surface area contributed by atoms with Crippen LogP contribution >= 0.6 is 11.6 Å². The minimum Gasteiger partial charge on any atom is -0.267 e. The van der Waals surface area contributed by atoms with E-state index in [2.05, 4.69) is 4.98 Å². The predicted octanol–water partition coefficient (Wildman–Crippen LogP) is 4.15. The molecule has 26 heavy (non-hydrogen) atoms. The van der Waals surface area contributed by atoms with Crippen LogP contribution in [0.25, 0.3) is 33.3 Å². The third-order valence-electron chi connectivity index (χ3n) is 4.52. The molecule has 0 spiro atoms. The molecule has 126 valence electrons. The molecule has 0 aliphatic carbocycles. The maximum absolute atomic E-state index is 13.3. The minimum atomic E-state index is -0.153. The molecule has 3 heterocycles. The first-order chi connectivity index (χ1) is 12.6. The zero-order chi connectivity index (χ0) is 17.8. The molecule has 5 rings (SSSR count). The van der Waals surface area contributed by atoms with E-state index >= 15 is 0 Å². The Balaban J connectivity index is 2.04. The summed E-state index contributed by atoms with van der Waals surface area (Å²) >= 11 is 6.09. The highest BCUT2D eigenvalue weighted by molar-refractivity contribution is 6.31. The minimum absolute atomic E-state index is 0.153. The Hall–Kier alpha value is -3.18. The predicted molar refractivity (Wildman–Crippen MR) is 103 cm³/mol. The molecule has 2 aromatic carbocycles. The zero-order valence-corrected chi connectivity index (χ0v) is 14.6. The summed E-state index contributed by atoms with van der Waals surface area (Å²) in [6, 6.07) is 16.9. The molecule has 0 saturated carbocycles. The van der Waals surface area contributed by atoms with Crippen LogP contribution in [0.5, 0.6) is 0 Å². The van der Waals surface area contributed by atoms with Gasteiger partial charge in [0.25, 0.3) is 5.56 Å². The number of nitrogens with zero attached hydrogens (tertiary/aromatic N) is 4. The maximum Gasteiger partial charge on any atom is 0.281 e. The summed E-state index contributed by atoms with van der Waals surface area (Å²) in [5, 5.41) is 1.88. The molecule has 5 nitrogen and oxygen atoms in total. The van der Waals surface area contributed by atoms with Gasteiger partial charge in [-0.3, -0.25) is 4.79 Å². The van der Waals surface area contributed by atoms with E-state index in [0.717, 1.165) is 16.6 Å². The molecule has 0 aliphatic rings. The van der Waals surface area contributed by atoms with Gasteiger partial charge < -0.3 is 0 Å². The van der Waals surface area contributed by atoms with Gasteiger partial charge in [-0.05, 0) is 49.4 Å². The Kier molecular flexibility index (Phi) is 3.14. The van der Waals surface area contributed by atoms with Crippen molar-refractivity contribution in [1.82, 2.24) is 19.2 Å². The van der Waals surface area contributed by atoms with Crippen LogP contribution < -0.4 is 5.56 Å². The van der Waals surface area contributed by atoms with Gasteiger partial charge >= 0.3 is 0 Å². The van der Waals surface area contributed by atoms with Crippen molar-refractivity contribution >= 4 is 39.2 Å². The van der Waals surface area contributed by atoms with Crippen molar-refractivity contribution in [2.75, 3.05) is 0 Å². The van der Waals surface area contributed by atoms with Crippen LogP contribution in [0.3, 0.4) is 0 Å². The van der Waals surface area contributed by atoms with Crippen LogP contribution in [0.4, 0.5) is 0 Å². The summed E-state index contributed by atoms with van der Waals surface area (Å²) in [5.41, 5.74) is 3.67. The number of hydrogen-bond donors (Lipinski definition) is 0. The van der Waals surface area contributed by atoms with Gasteiger partial charge in [-0.25, -0.2) is 14.6 Å². The third kappa shape index (κ3) is 2.07. The second-order valence-electron chi connectivity index (χ2n) is 6.24. The molecule has 0 radical (unpaired) electrons. The Morgan fingerprint density at radius 3 is 2.58 bits per heavy atom. The first kappa shape index (κ1) is 15.1. The fourth-order valence-electron chi connectivity index (χ4n) is 3.27. The highest BCUT2D eigenvalue weighted by atomic mass is 35.5. The Bertz CT molecular complexity index is 1370. The summed E-state index contributed by atoms with van der Waals surface area (Å²) in [6.07, 6.45) is 1.72. The quantitative estimate of drug-likeness (QED) is 0.451. The van der Waals surface area contributed by atoms with E-state index in [4.69, 9.17) is 16.6 Å². The molecule has 0 amide bonds. The summed E-state index contributed by atoms with van der Waals surface area (Å²) in [6.45, 7) is 2.03. The van der Waals surface area contributed by atoms with E-state index < -0.39 is 0 Å². The van der Waals surface area contributed by atoms with Gasteiger partial charge in [0.15, 0.2) is 11.3 Å². The van der Waals surface area contributed by atoms with Crippen LogP contribution in [0.15, 0.2) is 65.6 Å².